The predicted octanol–water partition coefficient (Wildman–Crippen LogP) is 10.6. The number of rotatable bonds is 14. The lowest BCUT2D eigenvalue weighted by Gasteiger charge is -2.67. The number of hydrogen-bond acceptors (Lipinski definition) is 6. The molecule has 4 saturated heterocycles. The van der Waals surface area contributed by atoms with Crippen molar-refractivity contribution in [2.24, 2.45) is 0 Å². The molecule has 4 heterocycles. The molecular weight excluding hydrogens is 592 g/mol. The minimum Gasteiger partial charge on any atom is -0.104 e. The number of halogens is 2. The van der Waals surface area contributed by atoms with Crippen LogP contribution < -0.4 is 0 Å². The lowest BCUT2D eigenvalue weighted by Crippen LogP contribution is -2.53. The maximum absolute atomic E-state index is 3.67. The largest absolute Gasteiger partial charge is 0.113 e. The highest BCUT2D eigenvalue weighted by Crippen LogP contribution is 2.91. The first-order valence-electron chi connectivity index (χ1n) is 10.8. The predicted molar refractivity (Wildman–Crippen MR) is 151 cm³/mol. The van der Waals surface area contributed by atoms with E-state index in [4.69, 9.17) is 0 Å². The molecule has 0 nitrogen and oxygen atoms in total. The molecule has 0 aromatic heterocycles. The Balaban J connectivity index is 1.89. The van der Waals surface area contributed by atoms with Gasteiger partial charge in [-0.05, 0) is 51.4 Å². The first-order chi connectivity index (χ1) is 13.5. The Labute approximate surface area is 215 Å². The van der Waals surface area contributed by atoms with Crippen molar-refractivity contribution in [2.45, 2.75) is 105 Å². The van der Waals surface area contributed by atoms with Crippen LogP contribution in [0.3, 0.4) is 0 Å². The van der Waals surface area contributed by atoms with Crippen molar-refractivity contribution in [1.82, 2.24) is 0 Å². The highest BCUT2D eigenvalue weighted by Gasteiger charge is 2.71. The van der Waals surface area contributed by atoms with E-state index in [1.54, 1.807) is 0 Å². The van der Waals surface area contributed by atoms with E-state index in [-0.39, 0.29) is 0 Å². The Kier molecular flexibility index (Phi) is 10.5. The molecule has 164 valence electrons. The third-order valence-corrected chi connectivity index (χ3v) is 18.6. The molecule has 4 aliphatic heterocycles. The summed E-state index contributed by atoms with van der Waals surface area (Å²) in [5.74, 6) is 0. The van der Waals surface area contributed by atoms with Gasteiger partial charge in [0.15, 0.2) is 0 Å². The van der Waals surface area contributed by atoms with Crippen molar-refractivity contribution in [1.29, 1.82) is 0 Å². The van der Waals surface area contributed by atoms with Crippen LogP contribution in [0.15, 0.2) is 0 Å². The van der Waals surface area contributed by atoms with E-state index >= 15 is 0 Å². The summed E-state index contributed by atoms with van der Waals surface area (Å²) in [6, 6.07) is 0. The molecular formula is C20H34Br2S6. The summed E-state index contributed by atoms with van der Waals surface area (Å²) in [4.78, 5) is 0. The zero-order valence-corrected chi connectivity index (χ0v) is 25.2. The molecule has 8 heteroatoms. The summed E-state index contributed by atoms with van der Waals surface area (Å²) < 4.78 is 1.57. The van der Waals surface area contributed by atoms with Gasteiger partial charge in [0, 0.05) is 10.7 Å². The average molecular weight is 627 g/mol. The monoisotopic (exact) mass is 624 g/mol. The number of hydrogen-bond donors (Lipinski definition) is 0. The normalized spacial score (nSPS) is 39.0. The van der Waals surface area contributed by atoms with E-state index in [0.717, 1.165) is 10.7 Å². The van der Waals surface area contributed by atoms with Crippen molar-refractivity contribution < 1.29 is 0 Å². The fourth-order valence-electron chi connectivity index (χ4n) is 3.94. The van der Waals surface area contributed by atoms with Gasteiger partial charge in [0.2, 0.25) is 0 Å². The molecule has 0 radical (unpaired) electrons. The van der Waals surface area contributed by atoms with E-state index in [2.05, 4.69) is 116 Å². The Morgan fingerprint density at radius 3 is 1.00 bits per heavy atom. The number of alkyl halides is 2. The zero-order valence-electron chi connectivity index (χ0n) is 17.1. The summed E-state index contributed by atoms with van der Waals surface area (Å²) >= 11 is 21.6. The maximum Gasteiger partial charge on any atom is 0.113 e. The molecule has 0 amide bonds. The first kappa shape index (κ1) is 25.7. The molecule has 0 unspecified atom stereocenters. The molecule has 0 aromatic rings. The molecule has 4 fully saturated rings. The molecule has 0 aromatic carbocycles. The SMILES string of the molecule is CCCCC12SC3(CCCC)SC(CCCCBr)(S1)SC(CCCCBr)(S2)S3. The van der Waals surface area contributed by atoms with Crippen LogP contribution >= 0.6 is 102 Å². The second kappa shape index (κ2) is 11.5. The van der Waals surface area contributed by atoms with Gasteiger partial charge in [0.1, 0.15) is 13.6 Å². The van der Waals surface area contributed by atoms with Gasteiger partial charge in [-0.1, -0.05) is 71.4 Å². The van der Waals surface area contributed by atoms with Crippen LogP contribution in [0.2, 0.25) is 0 Å². The van der Waals surface area contributed by atoms with Crippen LogP contribution in [0.1, 0.15) is 90.9 Å². The van der Waals surface area contributed by atoms with Crippen molar-refractivity contribution in [3.63, 3.8) is 0 Å². The highest BCUT2D eigenvalue weighted by molar-refractivity contribution is 9.09. The molecule has 0 saturated carbocycles. The minimum absolute atomic E-state index is 0.389. The van der Waals surface area contributed by atoms with Crippen LogP contribution in [0.5, 0.6) is 0 Å². The lowest BCUT2D eigenvalue weighted by molar-refractivity contribution is 0.688. The second-order valence-corrected chi connectivity index (χ2v) is 22.1. The second-order valence-electron chi connectivity index (χ2n) is 7.84. The summed E-state index contributed by atoms with van der Waals surface area (Å²) in [6.07, 6.45) is 16.3. The van der Waals surface area contributed by atoms with Crippen LogP contribution in [-0.4, -0.2) is 24.3 Å². The fraction of sp³-hybridized carbons (Fsp3) is 1.00. The van der Waals surface area contributed by atoms with Gasteiger partial charge in [0.05, 0.1) is 0 Å². The third-order valence-electron chi connectivity index (χ3n) is 5.27. The topological polar surface area (TPSA) is 0 Å². The zero-order chi connectivity index (χ0) is 20.1. The van der Waals surface area contributed by atoms with E-state index in [1.807, 2.05) is 0 Å². The van der Waals surface area contributed by atoms with Gasteiger partial charge in [-0.25, -0.2) is 0 Å². The van der Waals surface area contributed by atoms with Gasteiger partial charge < -0.3 is 0 Å². The van der Waals surface area contributed by atoms with Gasteiger partial charge >= 0.3 is 0 Å². The highest BCUT2D eigenvalue weighted by atomic mass is 79.9. The van der Waals surface area contributed by atoms with Crippen molar-refractivity contribution in [3.8, 4) is 0 Å². The quantitative estimate of drug-likeness (QED) is 0.138. The van der Waals surface area contributed by atoms with E-state index in [1.165, 1.54) is 77.0 Å². The minimum atomic E-state index is 0.389. The lowest BCUT2D eigenvalue weighted by atomic mass is 10.3. The van der Waals surface area contributed by atoms with Crippen LogP contribution in [0, 0.1) is 0 Å². The van der Waals surface area contributed by atoms with Crippen LogP contribution in [-0.2, 0) is 0 Å². The third kappa shape index (κ3) is 6.14. The Bertz CT molecular complexity index is 449. The summed E-state index contributed by atoms with van der Waals surface area (Å²) in [6.45, 7) is 4.73. The van der Waals surface area contributed by atoms with Gasteiger partial charge in [0.25, 0.3) is 0 Å². The van der Waals surface area contributed by atoms with Crippen molar-refractivity contribution in [2.75, 3.05) is 10.7 Å². The molecule has 4 aliphatic rings. The average Bonchev–Trinajstić information content (AvgIpc) is 2.64. The smallest absolute Gasteiger partial charge is 0.104 e. The maximum atomic E-state index is 3.67. The summed E-state index contributed by atoms with van der Waals surface area (Å²) in [5.41, 5.74) is 0. The molecule has 0 aliphatic carbocycles. The Hall–Kier alpha value is 3.06. The van der Waals surface area contributed by atoms with Crippen molar-refractivity contribution in [3.05, 3.63) is 0 Å². The number of thioether (sulfide) groups is 6. The first-order valence-corrected chi connectivity index (χ1v) is 18.0. The Morgan fingerprint density at radius 1 is 0.464 bits per heavy atom. The summed E-state index contributed by atoms with van der Waals surface area (Å²) in [7, 11) is 0. The molecule has 4 rings (SSSR count). The van der Waals surface area contributed by atoms with Gasteiger partial charge in [-0.3, -0.25) is 0 Å². The number of unbranched alkanes of at least 4 members (excludes halogenated alkanes) is 4. The Morgan fingerprint density at radius 2 is 0.750 bits per heavy atom. The standard InChI is InChI=1S/C20H34Br2S6/c1-3-5-11-17-23-18(12-6-4-2)26-19(24-17,13-7-9-15-21)28-20(25-17,27-18)14-8-10-16-22/h3-16H2,1-2H3. The van der Waals surface area contributed by atoms with E-state index in [9.17, 15) is 0 Å². The van der Waals surface area contributed by atoms with Gasteiger partial charge in [-0.2, -0.15) is 0 Å². The molecule has 4 bridgehead atoms. The van der Waals surface area contributed by atoms with Crippen LogP contribution in [0.4, 0.5) is 0 Å². The van der Waals surface area contributed by atoms with Gasteiger partial charge in [-0.15, -0.1) is 70.6 Å². The van der Waals surface area contributed by atoms with E-state index < -0.39 is 0 Å². The van der Waals surface area contributed by atoms with E-state index in [0.29, 0.717) is 13.6 Å². The molecule has 0 spiro atoms. The van der Waals surface area contributed by atoms with Crippen molar-refractivity contribution >= 4 is 102 Å². The molecule has 28 heavy (non-hydrogen) atoms. The van der Waals surface area contributed by atoms with Crippen LogP contribution in [0.25, 0.3) is 0 Å². The molecule has 0 N–H and O–H groups in total. The fourth-order valence-corrected chi connectivity index (χ4v) is 26.6. The summed E-state index contributed by atoms with van der Waals surface area (Å²) in [5, 5.41) is 2.30. The molecule has 0 atom stereocenters.